The van der Waals surface area contributed by atoms with Crippen molar-refractivity contribution in [3.8, 4) is 11.3 Å². The van der Waals surface area contributed by atoms with Gasteiger partial charge in [0.05, 0.1) is 17.3 Å². The molecule has 1 aromatic heterocycles. The van der Waals surface area contributed by atoms with Crippen LogP contribution >= 0.6 is 0 Å². The predicted octanol–water partition coefficient (Wildman–Crippen LogP) is 7.40. The largest absolute Gasteiger partial charge is 0.387 e. The summed E-state index contributed by atoms with van der Waals surface area (Å²) in [6, 6.07) is 20.6. The summed E-state index contributed by atoms with van der Waals surface area (Å²) in [5.74, 6) is 0. The molecule has 2 aromatic carbocycles. The van der Waals surface area contributed by atoms with Gasteiger partial charge in [0.1, 0.15) is 0 Å². The number of fused-ring (bicyclic) bond motifs is 1. The molecule has 0 aliphatic rings. The summed E-state index contributed by atoms with van der Waals surface area (Å²) in [6.07, 6.45) is 9.53. The molecule has 0 fully saturated rings. The first-order valence-corrected chi connectivity index (χ1v) is 12.6. The molecule has 0 saturated heterocycles. The van der Waals surface area contributed by atoms with Crippen LogP contribution in [-0.2, 0) is 0 Å². The summed E-state index contributed by atoms with van der Waals surface area (Å²) >= 11 is 0. The molecule has 0 radical (unpaired) electrons. The highest BCUT2D eigenvalue weighted by molar-refractivity contribution is 5.85. The predicted molar refractivity (Wildman–Crippen MR) is 137 cm³/mol. The fourth-order valence-electron chi connectivity index (χ4n) is 4.40. The molecule has 3 heteroatoms. The fourth-order valence-corrected chi connectivity index (χ4v) is 4.40. The number of rotatable bonds is 14. The Labute approximate surface area is 194 Å². The van der Waals surface area contributed by atoms with Crippen molar-refractivity contribution < 1.29 is 5.11 Å². The average molecular weight is 433 g/mol. The van der Waals surface area contributed by atoms with Crippen LogP contribution in [-0.4, -0.2) is 34.6 Å². The lowest BCUT2D eigenvalue weighted by Gasteiger charge is -2.26. The number of aromatic nitrogens is 1. The monoisotopic (exact) mass is 432 g/mol. The van der Waals surface area contributed by atoms with Crippen molar-refractivity contribution >= 4 is 10.9 Å². The number of aliphatic hydroxyl groups is 1. The van der Waals surface area contributed by atoms with Gasteiger partial charge in [-0.1, -0.05) is 101 Å². The first-order valence-electron chi connectivity index (χ1n) is 12.6. The Morgan fingerprint density at radius 1 is 0.781 bits per heavy atom. The highest BCUT2D eigenvalue weighted by Gasteiger charge is 2.18. The molecule has 1 unspecified atom stereocenters. The quantitative estimate of drug-likeness (QED) is 0.270. The number of benzene rings is 2. The smallest absolute Gasteiger partial charge is 0.0924 e. The number of hydrogen-bond donors (Lipinski definition) is 1. The van der Waals surface area contributed by atoms with E-state index in [2.05, 4.69) is 43.0 Å². The molecule has 172 valence electrons. The molecule has 3 nitrogen and oxygen atoms in total. The molecule has 0 saturated carbocycles. The van der Waals surface area contributed by atoms with E-state index in [1.54, 1.807) is 0 Å². The molecule has 0 spiro atoms. The minimum atomic E-state index is -0.525. The van der Waals surface area contributed by atoms with Gasteiger partial charge in [0.25, 0.3) is 0 Å². The Balaban J connectivity index is 1.81. The number of pyridine rings is 1. The van der Waals surface area contributed by atoms with Gasteiger partial charge in [-0.05, 0) is 43.6 Å². The van der Waals surface area contributed by atoms with E-state index < -0.39 is 6.10 Å². The second-order valence-corrected chi connectivity index (χ2v) is 8.92. The Hall–Kier alpha value is -2.23. The molecular formula is C29H40N2O. The Morgan fingerprint density at radius 2 is 1.41 bits per heavy atom. The molecule has 1 heterocycles. The Morgan fingerprint density at radius 3 is 2.06 bits per heavy atom. The molecular weight excluding hydrogens is 392 g/mol. The molecule has 0 amide bonds. The topological polar surface area (TPSA) is 36.4 Å². The molecule has 0 aliphatic carbocycles. The molecule has 32 heavy (non-hydrogen) atoms. The zero-order valence-electron chi connectivity index (χ0n) is 20.0. The van der Waals surface area contributed by atoms with E-state index in [9.17, 15) is 5.11 Å². The van der Waals surface area contributed by atoms with Crippen LogP contribution in [0.25, 0.3) is 22.2 Å². The zero-order valence-corrected chi connectivity index (χ0v) is 20.0. The Bertz CT molecular complexity index is 913. The summed E-state index contributed by atoms with van der Waals surface area (Å²) < 4.78 is 0. The van der Waals surface area contributed by atoms with Gasteiger partial charge in [-0.25, -0.2) is 4.98 Å². The summed E-state index contributed by atoms with van der Waals surface area (Å²) in [4.78, 5) is 7.36. The van der Waals surface area contributed by atoms with Gasteiger partial charge in [0, 0.05) is 17.5 Å². The van der Waals surface area contributed by atoms with Crippen LogP contribution in [0.3, 0.4) is 0 Å². The molecule has 0 bridgehead atoms. The molecule has 3 aromatic rings. The van der Waals surface area contributed by atoms with E-state index in [0.29, 0.717) is 6.54 Å². The highest BCUT2D eigenvalue weighted by Crippen LogP contribution is 2.29. The van der Waals surface area contributed by atoms with Crippen molar-refractivity contribution in [3.63, 3.8) is 0 Å². The number of unbranched alkanes of at least 4 members (excludes halogenated alkanes) is 6. The van der Waals surface area contributed by atoms with Gasteiger partial charge in [-0.3, -0.25) is 0 Å². The normalized spacial score (nSPS) is 12.5. The van der Waals surface area contributed by atoms with Crippen molar-refractivity contribution in [1.29, 1.82) is 0 Å². The number of nitrogens with zero attached hydrogens (tertiary/aromatic N) is 2. The maximum Gasteiger partial charge on any atom is 0.0924 e. The average Bonchev–Trinajstić information content (AvgIpc) is 2.84. The first kappa shape index (κ1) is 24.4. The van der Waals surface area contributed by atoms with Crippen molar-refractivity contribution in [3.05, 3.63) is 66.2 Å². The van der Waals surface area contributed by atoms with Crippen molar-refractivity contribution in [1.82, 2.24) is 9.88 Å². The Kier molecular flexibility index (Phi) is 10.2. The first-order chi connectivity index (χ1) is 15.7. The number of para-hydroxylation sites is 1. The van der Waals surface area contributed by atoms with Gasteiger partial charge >= 0.3 is 0 Å². The SMILES string of the molecule is CCCCCCN(CCCCCC)CC(O)c1cc(-c2ccccc2)nc2ccccc12. The maximum atomic E-state index is 11.4. The van der Waals surface area contributed by atoms with Crippen LogP contribution in [0.5, 0.6) is 0 Å². The number of hydrogen-bond acceptors (Lipinski definition) is 3. The second-order valence-electron chi connectivity index (χ2n) is 8.92. The third-order valence-corrected chi connectivity index (χ3v) is 6.26. The molecule has 1 N–H and O–H groups in total. The number of aliphatic hydroxyl groups excluding tert-OH is 1. The van der Waals surface area contributed by atoms with Crippen LogP contribution < -0.4 is 0 Å². The molecule has 0 aliphatic heterocycles. The van der Waals surface area contributed by atoms with E-state index in [1.807, 2.05) is 36.4 Å². The maximum absolute atomic E-state index is 11.4. The van der Waals surface area contributed by atoms with E-state index in [1.165, 1.54) is 51.4 Å². The van der Waals surface area contributed by atoms with E-state index in [-0.39, 0.29) is 0 Å². The van der Waals surface area contributed by atoms with Gasteiger partial charge in [0.15, 0.2) is 0 Å². The summed E-state index contributed by atoms with van der Waals surface area (Å²) in [6.45, 7) is 7.33. The fraction of sp³-hybridized carbons (Fsp3) is 0.483. The molecule has 3 rings (SSSR count). The minimum absolute atomic E-state index is 0.525. The lowest BCUT2D eigenvalue weighted by Crippen LogP contribution is -2.31. The van der Waals surface area contributed by atoms with E-state index in [0.717, 1.165) is 40.8 Å². The van der Waals surface area contributed by atoms with Crippen molar-refractivity contribution in [2.24, 2.45) is 0 Å². The summed E-state index contributed by atoms with van der Waals surface area (Å²) in [7, 11) is 0. The van der Waals surface area contributed by atoms with Crippen LogP contribution in [0.2, 0.25) is 0 Å². The van der Waals surface area contributed by atoms with Gasteiger partial charge in [-0.2, -0.15) is 0 Å². The van der Waals surface area contributed by atoms with Crippen molar-refractivity contribution in [2.75, 3.05) is 19.6 Å². The summed E-state index contributed by atoms with van der Waals surface area (Å²) in [5, 5.41) is 12.4. The van der Waals surface area contributed by atoms with E-state index >= 15 is 0 Å². The standard InChI is InChI=1S/C29H40N2O/c1-3-5-7-14-20-31(21-15-8-6-4-2)23-29(32)26-22-28(24-16-10-9-11-17-24)30-27-19-13-12-18-25(26)27/h9-13,16-19,22,29,32H,3-8,14-15,20-21,23H2,1-2H3. The van der Waals surface area contributed by atoms with Crippen LogP contribution in [0, 0.1) is 0 Å². The van der Waals surface area contributed by atoms with Crippen LogP contribution in [0.15, 0.2) is 60.7 Å². The van der Waals surface area contributed by atoms with Crippen LogP contribution in [0.1, 0.15) is 76.9 Å². The second kappa shape index (κ2) is 13.3. The highest BCUT2D eigenvalue weighted by atomic mass is 16.3. The zero-order chi connectivity index (χ0) is 22.6. The third-order valence-electron chi connectivity index (χ3n) is 6.26. The lowest BCUT2D eigenvalue weighted by molar-refractivity contribution is 0.111. The summed E-state index contributed by atoms with van der Waals surface area (Å²) in [5.41, 5.74) is 3.94. The van der Waals surface area contributed by atoms with Crippen molar-refractivity contribution in [2.45, 2.75) is 71.3 Å². The molecule has 1 atom stereocenters. The third kappa shape index (κ3) is 7.15. The lowest BCUT2D eigenvalue weighted by atomic mass is 9.99. The van der Waals surface area contributed by atoms with Gasteiger partial charge in [-0.15, -0.1) is 0 Å². The van der Waals surface area contributed by atoms with Gasteiger partial charge < -0.3 is 10.0 Å². The minimum Gasteiger partial charge on any atom is -0.387 e. The van der Waals surface area contributed by atoms with Crippen LogP contribution in [0.4, 0.5) is 0 Å². The van der Waals surface area contributed by atoms with E-state index in [4.69, 9.17) is 4.98 Å². The van der Waals surface area contributed by atoms with Gasteiger partial charge in [0.2, 0.25) is 0 Å².